The number of nitrogens with two attached hydrogens (primary N) is 1. The molecule has 0 aliphatic carbocycles. The molecule has 3 atom stereocenters. The number of rotatable bonds is 17. The van der Waals surface area contributed by atoms with Crippen LogP contribution in [0.15, 0.2) is 18.2 Å². The molecule has 0 bridgehead atoms. The SMILES string of the molecule is CCCS(=O)(=O)N(Cl)C[C@H](O)[C@@H](N)C[C@H](Cc1ccc(OC)c(OCCCOC)c1)C(C)C. The monoisotopic (exact) mass is 508 g/mol. The topological polar surface area (TPSA) is 111 Å². The smallest absolute Gasteiger partial charge is 0.227 e. The van der Waals surface area contributed by atoms with Gasteiger partial charge in [0.05, 0.1) is 32.1 Å². The molecule has 0 aliphatic rings. The quantitative estimate of drug-likeness (QED) is 0.245. The third-order valence-corrected chi connectivity index (χ3v) is 8.03. The van der Waals surface area contributed by atoms with Crippen LogP contribution >= 0.6 is 11.8 Å². The van der Waals surface area contributed by atoms with E-state index >= 15 is 0 Å². The minimum Gasteiger partial charge on any atom is -0.493 e. The molecule has 0 saturated carbocycles. The van der Waals surface area contributed by atoms with Gasteiger partial charge >= 0.3 is 0 Å². The molecule has 10 heteroatoms. The molecule has 0 aliphatic heterocycles. The van der Waals surface area contributed by atoms with Crippen LogP contribution in [0.4, 0.5) is 0 Å². The van der Waals surface area contributed by atoms with Crippen LogP contribution in [0, 0.1) is 11.8 Å². The van der Waals surface area contributed by atoms with Crippen molar-refractivity contribution in [3.05, 3.63) is 23.8 Å². The molecule has 0 radical (unpaired) electrons. The van der Waals surface area contributed by atoms with Crippen LogP contribution in [0.25, 0.3) is 0 Å². The van der Waals surface area contributed by atoms with Gasteiger partial charge in [0.2, 0.25) is 10.0 Å². The van der Waals surface area contributed by atoms with Gasteiger partial charge in [-0.05, 0) is 60.6 Å². The van der Waals surface area contributed by atoms with Crippen LogP contribution in [-0.4, -0.2) is 69.2 Å². The maximum atomic E-state index is 12.1. The summed E-state index contributed by atoms with van der Waals surface area (Å²) in [4.78, 5) is 0. The van der Waals surface area contributed by atoms with Crippen molar-refractivity contribution >= 4 is 21.8 Å². The van der Waals surface area contributed by atoms with E-state index in [0.29, 0.717) is 47.3 Å². The number of benzene rings is 1. The number of hydrogen-bond donors (Lipinski definition) is 2. The molecule has 3 N–H and O–H groups in total. The molecule has 0 heterocycles. The average Bonchev–Trinajstić information content (AvgIpc) is 2.76. The highest BCUT2D eigenvalue weighted by Gasteiger charge is 2.28. The van der Waals surface area contributed by atoms with E-state index in [0.717, 1.165) is 18.4 Å². The second kappa shape index (κ2) is 15.0. The number of nitrogens with zero attached hydrogens (tertiary/aromatic N) is 1. The molecule has 8 nitrogen and oxygen atoms in total. The molecule has 192 valence electrons. The first-order valence-corrected chi connectivity index (χ1v) is 13.4. The van der Waals surface area contributed by atoms with Gasteiger partial charge in [0.15, 0.2) is 11.5 Å². The van der Waals surface area contributed by atoms with Crippen LogP contribution in [0.2, 0.25) is 0 Å². The van der Waals surface area contributed by atoms with Gasteiger partial charge in [0.1, 0.15) is 0 Å². The van der Waals surface area contributed by atoms with Gasteiger partial charge in [0.25, 0.3) is 0 Å². The summed E-state index contributed by atoms with van der Waals surface area (Å²) < 4.78 is 41.2. The molecule has 0 amide bonds. The molecule has 0 spiro atoms. The van der Waals surface area contributed by atoms with E-state index in [1.165, 1.54) is 0 Å². The number of halogens is 1. The van der Waals surface area contributed by atoms with Gasteiger partial charge < -0.3 is 25.1 Å². The summed E-state index contributed by atoms with van der Waals surface area (Å²) in [5, 5.41) is 10.5. The zero-order chi connectivity index (χ0) is 25.0. The fourth-order valence-electron chi connectivity index (χ4n) is 3.50. The fraction of sp³-hybridized carbons (Fsp3) is 0.739. The van der Waals surface area contributed by atoms with Crippen molar-refractivity contribution in [1.82, 2.24) is 3.82 Å². The van der Waals surface area contributed by atoms with E-state index < -0.39 is 22.2 Å². The van der Waals surface area contributed by atoms with Crippen molar-refractivity contribution in [3.63, 3.8) is 0 Å². The van der Waals surface area contributed by atoms with Crippen molar-refractivity contribution in [2.45, 2.75) is 58.6 Å². The number of methoxy groups -OCH3 is 2. The molecular formula is C23H41ClN2O6S. The summed E-state index contributed by atoms with van der Waals surface area (Å²) in [6, 6.07) is 5.24. The Kier molecular flexibility index (Phi) is 13.6. The van der Waals surface area contributed by atoms with E-state index in [4.69, 9.17) is 31.7 Å². The molecule has 1 rings (SSSR count). The van der Waals surface area contributed by atoms with Crippen molar-refractivity contribution < 1.29 is 27.7 Å². The maximum Gasteiger partial charge on any atom is 0.227 e. The summed E-state index contributed by atoms with van der Waals surface area (Å²) in [6.45, 7) is 6.88. The van der Waals surface area contributed by atoms with Crippen LogP contribution in [-0.2, 0) is 21.2 Å². The second-order valence-corrected chi connectivity index (χ2v) is 11.3. The van der Waals surface area contributed by atoms with Gasteiger partial charge in [-0.1, -0.05) is 26.8 Å². The lowest BCUT2D eigenvalue weighted by molar-refractivity contribution is 0.118. The normalized spacial score (nSPS) is 15.0. The number of sulfonamides is 1. The molecule has 0 unspecified atom stereocenters. The number of aliphatic hydroxyl groups excluding tert-OH is 1. The van der Waals surface area contributed by atoms with Gasteiger partial charge in [-0.25, -0.2) is 8.42 Å². The Balaban J connectivity index is 2.83. The van der Waals surface area contributed by atoms with Gasteiger partial charge in [0, 0.05) is 26.2 Å². The zero-order valence-corrected chi connectivity index (χ0v) is 22.1. The summed E-state index contributed by atoms with van der Waals surface area (Å²) in [6.07, 6.45) is 1.41. The van der Waals surface area contributed by atoms with E-state index in [1.54, 1.807) is 21.1 Å². The Hall–Kier alpha value is -1.10. The standard InChI is InChI=1S/C23H41ClN2O6S/c1-6-12-33(28,29)26(24)16-21(27)20(25)15-19(17(2)3)13-18-8-9-22(31-5)23(14-18)32-11-7-10-30-4/h8-9,14,17,19-21,27H,6-7,10-13,15-16,25H2,1-5H3/t19-,20-,21-/m0/s1. The van der Waals surface area contributed by atoms with Crippen LogP contribution in [0.3, 0.4) is 0 Å². The van der Waals surface area contributed by atoms with E-state index in [1.807, 2.05) is 18.2 Å². The van der Waals surface area contributed by atoms with Crippen molar-refractivity contribution in [3.8, 4) is 11.5 Å². The lowest BCUT2D eigenvalue weighted by Gasteiger charge is -2.28. The molecular weight excluding hydrogens is 468 g/mol. The minimum atomic E-state index is -3.61. The fourth-order valence-corrected chi connectivity index (χ4v) is 4.94. The Morgan fingerprint density at radius 1 is 1.18 bits per heavy atom. The third kappa shape index (κ3) is 10.4. The van der Waals surface area contributed by atoms with E-state index in [2.05, 4.69) is 13.8 Å². The number of ether oxygens (including phenoxy) is 3. The van der Waals surface area contributed by atoms with Gasteiger partial charge in [-0.3, -0.25) is 0 Å². The summed E-state index contributed by atoms with van der Waals surface area (Å²) in [7, 11) is -0.343. The molecule has 0 saturated heterocycles. The van der Waals surface area contributed by atoms with Crippen molar-refractivity contribution in [2.75, 3.05) is 39.7 Å². The first-order chi connectivity index (χ1) is 15.5. The van der Waals surface area contributed by atoms with Gasteiger partial charge in [-0.15, -0.1) is 3.82 Å². The third-order valence-electron chi connectivity index (χ3n) is 5.58. The highest BCUT2D eigenvalue weighted by Crippen LogP contribution is 2.31. The lowest BCUT2D eigenvalue weighted by Crippen LogP contribution is -2.44. The summed E-state index contributed by atoms with van der Waals surface area (Å²) >= 11 is 5.92. The van der Waals surface area contributed by atoms with Crippen LogP contribution < -0.4 is 15.2 Å². The molecule has 1 aromatic carbocycles. The highest BCUT2D eigenvalue weighted by molar-refractivity contribution is 7.89. The second-order valence-electron chi connectivity index (χ2n) is 8.64. The number of hydrogen-bond acceptors (Lipinski definition) is 7. The molecule has 33 heavy (non-hydrogen) atoms. The van der Waals surface area contributed by atoms with Crippen molar-refractivity contribution in [2.24, 2.45) is 17.6 Å². The number of aliphatic hydroxyl groups is 1. The summed E-state index contributed by atoms with van der Waals surface area (Å²) in [5.41, 5.74) is 7.33. The molecule has 0 fully saturated rings. The van der Waals surface area contributed by atoms with E-state index in [-0.39, 0.29) is 18.2 Å². The average molecular weight is 509 g/mol. The Bertz CT molecular complexity index is 793. The van der Waals surface area contributed by atoms with E-state index in [9.17, 15) is 13.5 Å². The predicted molar refractivity (Wildman–Crippen MR) is 132 cm³/mol. The first-order valence-electron chi connectivity index (χ1n) is 11.4. The Morgan fingerprint density at radius 3 is 2.45 bits per heavy atom. The highest BCUT2D eigenvalue weighted by atomic mass is 35.5. The maximum absolute atomic E-state index is 12.1. The summed E-state index contributed by atoms with van der Waals surface area (Å²) in [5.74, 6) is 1.74. The zero-order valence-electron chi connectivity index (χ0n) is 20.5. The Morgan fingerprint density at radius 2 is 1.88 bits per heavy atom. The van der Waals surface area contributed by atoms with Crippen LogP contribution in [0.1, 0.15) is 45.6 Å². The first kappa shape index (κ1) is 29.9. The lowest BCUT2D eigenvalue weighted by atomic mass is 9.83. The minimum absolute atomic E-state index is 0.0690. The molecule has 1 aromatic rings. The Labute approximate surface area is 204 Å². The van der Waals surface area contributed by atoms with Crippen LogP contribution in [0.5, 0.6) is 11.5 Å². The van der Waals surface area contributed by atoms with Gasteiger partial charge in [-0.2, -0.15) is 0 Å². The largest absolute Gasteiger partial charge is 0.493 e. The van der Waals surface area contributed by atoms with Crippen molar-refractivity contribution in [1.29, 1.82) is 0 Å². The molecule has 0 aromatic heterocycles. The predicted octanol–water partition coefficient (Wildman–Crippen LogP) is 3.20.